The number of carbonyl (C=O) groups excluding carboxylic acids is 1. The summed E-state index contributed by atoms with van der Waals surface area (Å²) in [7, 11) is 0. The summed E-state index contributed by atoms with van der Waals surface area (Å²) in [5.41, 5.74) is 5.41. The molecule has 0 aliphatic rings. The first-order valence-electron chi connectivity index (χ1n) is 5.64. The first-order valence-corrected chi connectivity index (χ1v) is 5.64. The summed E-state index contributed by atoms with van der Waals surface area (Å²) in [5.74, 6) is -0.433. The average molecular weight is 230 g/mol. The Morgan fingerprint density at radius 1 is 1.31 bits per heavy atom. The highest BCUT2D eigenvalue weighted by atomic mass is 16.4. The molecule has 0 fully saturated rings. The number of amides is 1. The maximum absolute atomic E-state index is 11.4. The van der Waals surface area contributed by atoms with E-state index in [4.69, 9.17) is 10.8 Å². The fourth-order valence-corrected chi connectivity index (χ4v) is 1.23. The Balaban J connectivity index is 3.62. The van der Waals surface area contributed by atoms with Gasteiger partial charge >= 0.3 is 5.97 Å². The number of rotatable bonds is 8. The second-order valence-electron chi connectivity index (χ2n) is 4.39. The number of nitrogens with two attached hydrogens (primary N) is 1. The van der Waals surface area contributed by atoms with Gasteiger partial charge in [-0.1, -0.05) is 13.8 Å². The lowest BCUT2D eigenvalue weighted by molar-refractivity contribution is -0.137. The summed E-state index contributed by atoms with van der Waals surface area (Å²) >= 11 is 0. The van der Waals surface area contributed by atoms with Crippen molar-refractivity contribution < 1.29 is 14.7 Å². The third-order valence-corrected chi connectivity index (χ3v) is 2.43. The highest BCUT2D eigenvalue weighted by Gasteiger charge is 2.10. The first kappa shape index (κ1) is 14.9. The van der Waals surface area contributed by atoms with Crippen molar-refractivity contribution >= 4 is 11.9 Å². The third-order valence-electron chi connectivity index (χ3n) is 2.43. The molecule has 0 heterocycles. The van der Waals surface area contributed by atoms with Crippen LogP contribution in [0.25, 0.3) is 0 Å². The molecule has 0 saturated carbocycles. The molecule has 0 bridgehead atoms. The molecule has 2 atom stereocenters. The van der Waals surface area contributed by atoms with Gasteiger partial charge in [-0.2, -0.15) is 0 Å². The van der Waals surface area contributed by atoms with Crippen LogP contribution in [0.4, 0.5) is 0 Å². The van der Waals surface area contributed by atoms with E-state index in [1.165, 1.54) is 0 Å². The molecule has 94 valence electrons. The Bertz CT molecular complexity index is 231. The Kier molecular flexibility index (Phi) is 7.54. The zero-order valence-corrected chi connectivity index (χ0v) is 10.0. The van der Waals surface area contributed by atoms with Gasteiger partial charge in [-0.15, -0.1) is 0 Å². The fraction of sp³-hybridized carbons (Fsp3) is 0.818. The van der Waals surface area contributed by atoms with Gasteiger partial charge in [-0.3, -0.25) is 9.59 Å². The third kappa shape index (κ3) is 8.23. The van der Waals surface area contributed by atoms with Gasteiger partial charge in [-0.05, 0) is 24.8 Å². The molecule has 0 saturated heterocycles. The SMILES string of the molecule is CC(CCC(=O)O)CNC(=O)CC(C)CN. The van der Waals surface area contributed by atoms with E-state index in [0.717, 1.165) is 0 Å². The molecule has 0 spiro atoms. The van der Waals surface area contributed by atoms with E-state index in [0.29, 0.717) is 25.9 Å². The molecule has 0 radical (unpaired) electrons. The predicted octanol–water partition coefficient (Wildman–Crippen LogP) is 0.588. The van der Waals surface area contributed by atoms with Crippen molar-refractivity contribution in [3.63, 3.8) is 0 Å². The van der Waals surface area contributed by atoms with E-state index in [1.807, 2.05) is 13.8 Å². The maximum Gasteiger partial charge on any atom is 0.303 e. The van der Waals surface area contributed by atoms with E-state index in [2.05, 4.69) is 5.32 Å². The molecule has 0 aromatic carbocycles. The van der Waals surface area contributed by atoms with Gasteiger partial charge in [0.05, 0.1) is 0 Å². The van der Waals surface area contributed by atoms with E-state index in [1.54, 1.807) is 0 Å². The summed E-state index contributed by atoms with van der Waals surface area (Å²) < 4.78 is 0. The molecule has 4 N–H and O–H groups in total. The van der Waals surface area contributed by atoms with Gasteiger partial charge in [0.25, 0.3) is 0 Å². The molecule has 2 unspecified atom stereocenters. The number of carboxylic acids is 1. The van der Waals surface area contributed by atoms with Crippen LogP contribution < -0.4 is 11.1 Å². The van der Waals surface area contributed by atoms with Crippen LogP contribution in [0.3, 0.4) is 0 Å². The lowest BCUT2D eigenvalue weighted by atomic mass is 10.0. The van der Waals surface area contributed by atoms with Crippen LogP contribution in [-0.2, 0) is 9.59 Å². The fourth-order valence-electron chi connectivity index (χ4n) is 1.23. The molecule has 0 aromatic rings. The molecule has 0 aromatic heterocycles. The van der Waals surface area contributed by atoms with E-state index in [9.17, 15) is 9.59 Å². The van der Waals surface area contributed by atoms with E-state index < -0.39 is 5.97 Å². The van der Waals surface area contributed by atoms with Crippen LogP contribution >= 0.6 is 0 Å². The van der Waals surface area contributed by atoms with Gasteiger partial charge < -0.3 is 16.2 Å². The highest BCUT2D eigenvalue weighted by Crippen LogP contribution is 2.04. The summed E-state index contributed by atoms with van der Waals surface area (Å²) in [6.07, 6.45) is 1.17. The summed E-state index contributed by atoms with van der Waals surface area (Å²) in [6, 6.07) is 0. The van der Waals surface area contributed by atoms with Gasteiger partial charge in [0, 0.05) is 19.4 Å². The molecule has 16 heavy (non-hydrogen) atoms. The molecular formula is C11H22N2O3. The number of nitrogens with one attached hydrogen (secondary N) is 1. The van der Waals surface area contributed by atoms with Crippen molar-refractivity contribution in [2.45, 2.75) is 33.1 Å². The average Bonchev–Trinajstić information content (AvgIpc) is 2.23. The lowest BCUT2D eigenvalue weighted by Gasteiger charge is -2.13. The number of hydrogen-bond acceptors (Lipinski definition) is 3. The number of aliphatic carboxylic acids is 1. The van der Waals surface area contributed by atoms with Crippen molar-refractivity contribution in [2.24, 2.45) is 17.6 Å². The van der Waals surface area contributed by atoms with Gasteiger partial charge in [0.2, 0.25) is 5.91 Å². The van der Waals surface area contributed by atoms with Gasteiger partial charge in [-0.25, -0.2) is 0 Å². The molecule has 0 aliphatic carbocycles. The summed E-state index contributed by atoms with van der Waals surface area (Å²) in [6.45, 7) is 4.88. The Morgan fingerprint density at radius 2 is 1.94 bits per heavy atom. The monoisotopic (exact) mass is 230 g/mol. The minimum absolute atomic E-state index is 0.0138. The second kappa shape index (κ2) is 8.10. The van der Waals surface area contributed by atoms with Crippen molar-refractivity contribution in [3.05, 3.63) is 0 Å². The van der Waals surface area contributed by atoms with Crippen molar-refractivity contribution in [3.8, 4) is 0 Å². The normalized spacial score (nSPS) is 14.2. The zero-order chi connectivity index (χ0) is 12.6. The Labute approximate surface area is 96.4 Å². The van der Waals surface area contributed by atoms with Crippen LogP contribution in [0.1, 0.15) is 33.1 Å². The van der Waals surface area contributed by atoms with Crippen LogP contribution in [0.15, 0.2) is 0 Å². The topological polar surface area (TPSA) is 92.4 Å². The molecule has 5 nitrogen and oxygen atoms in total. The van der Waals surface area contributed by atoms with Crippen LogP contribution in [-0.4, -0.2) is 30.1 Å². The van der Waals surface area contributed by atoms with Crippen LogP contribution in [0.2, 0.25) is 0 Å². The number of carboxylic acid groups (broad SMARTS) is 1. The standard InChI is InChI=1S/C11H22N2O3/c1-8(3-4-11(15)16)7-13-10(14)5-9(2)6-12/h8-9H,3-7,12H2,1-2H3,(H,13,14)(H,15,16). The smallest absolute Gasteiger partial charge is 0.303 e. The molecule has 0 rings (SSSR count). The van der Waals surface area contributed by atoms with Gasteiger partial charge in [0.1, 0.15) is 0 Å². The number of hydrogen-bond donors (Lipinski definition) is 3. The summed E-state index contributed by atoms with van der Waals surface area (Å²) in [5, 5.41) is 11.3. The lowest BCUT2D eigenvalue weighted by Crippen LogP contribution is -2.30. The van der Waals surface area contributed by atoms with Crippen LogP contribution in [0.5, 0.6) is 0 Å². The zero-order valence-electron chi connectivity index (χ0n) is 10.0. The Hall–Kier alpha value is -1.10. The van der Waals surface area contributed by atoms with E-state index in [-0.39, 0.29) is 24.2 Å². The molecule has 0 aliphatic heterocycles. The van der Waals surface area contributed by atoms with Crippen molar-refractivity contribution in [2.75, 3.05) is 13.1 Å². The molecular weight excluding hydrogens is 208 g/mol. The van der Waals surface area contributed by atoms with E-state index >= 15 is 0 Å². The molecule has 5 heteroatoms. The van der Waals surface area contributed by atoms with Gasteiger partial charge in [0.15, 0.2) is 0 Å². The molecule has 1 amide bonds. The van der Waals surface area contributed by atoms with Crippen molar-refractivity contribution in [1.82, 2.24) is 5.32 Å². The summed E-state index contributed by atoms with van der Waals surface area (Å²) in [4.78, 5) is 21.7. The second-order valence-corrected chi connectivity index (χ2v) is 4.39. The largest absolute Gasteiger partial charge is 0.481 e. The number of carbonyl (C=O) groups is 2. The van der Waals surface area contributed by atoms with Crippen molar-refractivity contribution in [1.29, 1.82) is 0 Å². The van der Waals surface area contributed by atoms with Crippen LogP contribution in [0, 0.1) is 11.8 Å². The quantitative estimate of drug-likeness (QED) is 0.569. The minimum Gasteiger partial charge on any atom is -0.481 e. The predicted molar refractivity (Wildman–Crippen MR) is 61.9 cm³/mol. The maximum atomic E-state index is 11.4. The first-order chi connectivity index (χ1) is 7.45. The Morgan fingerprint density at radius 3 is 2.44 bits per heavy atom. The minimum atomic E-state index is -0.796. The highest BCUT2D eigenvalue weighted by molar-refractivity contribution is 5.76.